The summed E-state index contributed by atoms with van der Waals surface area (Å²) in [5.74, 6) is 0.914. The molecule has 1 amide bonds. The number of carbonyl (C=O) groups is 1. The van der Waals surface area contributed by atoms with Crippen LogP contribution in [0.4, 0.5) is 5.88 Å². The van der Waals surface area contributed by atoms with Gasteiger partial charge in [-0.25, -0.2) is 0 Å². The second-order valence-electron chi connectivity index (χ2n) is 6.17. The summed E-state index contributed by atoms with van der Waals surface area (Å²) in [7, 11) is 1.75. The van der Waals surface area contributed by atoms with Crippen molar-refractivity contribution in [1.82, 2.24) is 5.16 Å². The van der Waals surface area contributed by atoms with Crippen LogP contribution in [0, 0.1) is 5.92 Å². The Hall–Kier alpha value is -2.88. The lowest BCUT2D eigenvalue weighted by Crippen LogP contribution is -2.27. The van der Waals surface area contributed by atoms with Crippen LogP contribution in [0.3, 0.4) is 0 Å². The fourth-order valence-electron chi connectivity index (χ4n) is 3.06. The summed E-state index contributed by atoms with van der Waals surface area (Å²) < 4.78 is 5.38. The minimum Gasteiger partial charge on any atom is -0.338 e. The SMILES string of the molecule is CN(C(=O)C1CC1c1ccccc1)c1cc(-c2ccccc2)no1. The summed E-state index contributed by atoms with van der Waals surface area (Å²) in [6.45, 7) is 0. The van der Waals surface area contributed by atoms with E-state index in [1.807, 2.05) is 54.6 Å². The zero-order valence-corrected chi connectivity index (χ0v) is 13.4. The molecule has 1 aliphatic carbocycles. The van der Waals surface area contributed by atoms with Crippen molar-refractivity contribution in [3.63, 3.8) is 0 Å². The summed E-state index contributed by atoms with van der Waals surface area (Å²) in [5.41, 5.74) is 2.94. The Morgan fingerprint density at radius 2 is 1.75 bits per heavy atom. The van der Waals surface area contributed by atoms with Crippen LogP contribution >= 0.6 is 0 Å². The normalized spacial score (nSPS) is 19.0. The van der Waals surface area contributed by atoms with E-state index in [0.29, 0.717) is 11.8 Å². The Morgan fingerprint density at radius 1 is 1.08 bits per heavy atom. The van der Waals surface area contributed by atoms with Gasteiger partial charge in [0, 0.05) is 24.6 Å². The summed E-state index contributed by atoms with van der Waals surface area (Å²) in [4.78, 5) is 14.2. The van der Waals surface area contributed by atoms with Crippen LogP contribution < -0.4 is 4.90 Å². The first-order valence-corrected chi connectivity index (χ1v) is 8.08. The molecule has 0 N–H and O–H groups in total. The van der Waals surface area contributed by atoms with E-state index in [0.717, 1.165) is 17.7 Å². The molecular weight excluding hydrogens is 300 g/mol. The number of rotatable bonds is 4. The van der Waals surface area contributed by atoms with Gasteiger partial charge in [-0.05, 0) is 17.9 Å². The van der Waals surface area contributed by atoms with Crippen molar-refractivity contribution < 1.29 is 9.32 Å². The quantitative estimate of drug-likeness (QED) is 0.727. The van der Waals surface area contributed by atoms with Gasteiger partial charge in [-0.15, -0.1) is 0 Å². The standard InChI is InChI=1S/C20H18N2O2/c1-22(19-13-18(21-24-19)15-10-6-3-7-11-15)20(23)17-12-16(17)14-8-4-2-5-9-14/h2-11,13,16-17H,12H2,1H3. The number of hydrogen-bond donors (Lipinski definition) is 0. The first-order chi connectivity index (χ1) is 11.7. The van der Waals surface area contributed by atoms with Gasteiger partial charge in [-0.3, -0.25) is 9.69 Å². The number of benzene rings is 2. The fraction of sp³-hybridized carbons (Fsp3) is 0.200. The molecule has 0 aliphatic heterocycles. The summed E-state index contributed by atoms with van der Waals surface area (Å²) in [6, 6.07) is 21.8. The van der Waals surface area contributed by atoms with Crippen molar-refractivity contribution in [3.8, 4) is 11.3 Å². The molecule has 0 spiro atoms. The molecule has 0 radical (unpaired) electrons. The topological polar surface area (TPSA) is 46.3 Å². The molecule has 1 saturated carbocycles. The van der Waals surface area contributed by atoms with Crippen molar-refractivity contribution in [2.75, 3.05) is 11.9 Å². The number of aromatic nitrogens is 1. The molecular formula is C20H18N2O2. The predicted octanol–water partition coefficient (Wildman–Crippen LogP) is 4.11. The van der Waals surface area contributed by atoms with Crippen molar-refractivity contribution >= 4 is 11.8 Å². The van der Waals surface area contributed by atoms with Crippen molar-refractivity contribution in [1.29, 1.82) is 0 Å². The number of carbonyl (C=O) groups excluding carboxylic acids is 1. The largest absolute Gasteiger partial charge is 0.338 e. The summed E-state index contributed by atoms with van der Waals surface area (Å²) in [5, 5.41) is 4.08. The molecule has 2 aromatic carbocycles. The average Bonchev–Trinajstić information content (AvgIpc) is 3.30. The van der Waals surface area contributed by atoms with Gasteiger partial charge in [-0.1, -0.05) is 65.8 Å². The molecule has 1 heterocycles. The summed E-state index contributed by atoms with van der Waals surface area (Å²) in [6.07, 6.45) is 0.896. The average molecular weight is 318 g/mol. The Bertz CT molecular complexity index is 842. The Kier molecular flexibility index (Phi) is 3.65. The second-order valence-corrected chi connectivity index (χ2v) is 6.17. The number of hydrogen-bond acceptors (Lipinski definition) is 3. The van der Waals surface area contributed by atoms with Crippen LogP contribution in [-0.4, -0.2) is 18.1 Å². The number of amides is 1. The summed E-state index contributed by atoms with van der Waals surface area (Å²) >= 11 is 0. The molecule has 1 aromatic heterocycles. The first-order valence-electron chi connectivity index (χ1n) is 8.08. The minimum absolute atomic E-state index is 0.0303. The van der Waals surface area contributed by atoms with E-state index in [2.05, 4.69) is 17.3 Å². The fourth-order valence-corrected chi connectivity index (χ4v) is 3.06. The lowest BCUT2D eigenvalue weighted by molar-refractivity contribution is -0.119. The van der Waals surface area contributed by atoms with Gasteiger partial charge >= 0.3 is 0 Å². The maximum Gasteiger partial charge on any atom is 0.234 e. The predicted molar refractivity (Wildman–Crippen MR) is 92.6 cm³/mol. The number of nitrogens with zero attached hydrogens (tertiary/aromatic N) is 2. The highest BCUT2D eigenvalue weighted by Gasteiger charge is 2.45. The highest BCUT2D eigenvalue weighted by atomic mass is 16.5. The highest BCUT2D eigenvalue weighted by molar-refractivity contribution is 5.96. The van der Waals surface area contributed by atoms with Crippen LogP contribution in [0.15, 0.2) is 71.3 Å². The van der Waals surface area contributed by atoms with E-state index in [9.17, 15) is 4.79 Å². The van der Waals surface area contributed by atoms with Gasteiger partial charge in [0.15, 0.2) is 0 Å². The Balaban J connectivity index is 1.48. The van der Waals surface area contributed by atoms with Gasteiger partial charge in [0.2, 0.25) is 11.8 Å². The third-order valence-corrected chi connectivity index (χ3v) is 4.56. The van der Waals surface area contributed by atoms with Crippen molar-refractivity contribution in [2.45, 2.75) is 12.3 Å². The molecule has 0 saturated heterocycles. The Labute approximate surface area is 140 Å². The Morgan fingerprint density at radius 3 is 2.46 bits per heavy atom. The molecule has 120 valence electrons. The zero-order chi connectivity index (χ0) is 16.5. The van der Waals surface area contributed by atoms with Gasteiger partial charge in [0.1, 0.15) is 5.69 Å². The molecule has 3 aromatic rings. The molecule has 4 rings (SSSR count). The molecule has 4 nitrogen and oxygen atoms in total. The third-order valence-electron chi connectivity index (χ3n) is 4.56. The van der Waals surface area contributed by atoms with Gasteiger partial charge in [0.25, 0.3) is 0 Å². The van der Waals surface area contributed by atoms with Crippen LogP contribution in [0.25, 0.3) is 11.3 Å². The van der Waals surface area contributed by atoms with Gasteiger partial charge in [-0.2, -0.15) is 0 Å². The first kappa shape index (κ1) is 14.7. The molecule has 4 heteroatoms. The third kappa shape index (κ3) is 2.71. The second kappa shape index (κ2) is 5.96. The smallest absolute Gasteiger partial charge is 0.234 e. The van der Waals surface area contributed by atoms with Crippen LogP contribution in [0.2, 0.25) is 0 Å². The van der Waals surface area contributed by atoms with Gasteiger partial charge < -0.3 is 4.52 Å². The maximum absolute atomic E-state index is 12.7. The van der Waals surface area contributed by atoms with Crippen LogP contribution in [-0.2, 0) is 4.79 Å². The molecule has 1 fully saturated rings. The van der Waals surface area contributed by atoms with Crippen molar-refractivity contribution in [3.05, 3.63) is 72.3 Å². The van der Waals surface area contributed by atoms with Crippen LogP contribution in [0.1, 0.15) is 17.9 Å². The molecule has 24 heavy (non-hydrogen) atoms. The highest BCUT2D eigenvalue weighted by Crippen LogP contribution is 2.48. The van der Waals surface area contributed by atoms with Crippen LogP contribution in [0.5, 0.6) is 0 Å². The maximum atomic E-state index is 12.7. The van der Waals surface area contributed by atoms with E-state index in [4.69, 9.17) is 4.52 Å². The van der Waals surface area contributed by atoms with E-state index in [1.54, 1.807) is 11.9 Å². The lowest BCUT2D eigenvalue weighted by Gasteiger charge is -2.12. The van der Waals surface area contributed by atoms with E-state index >= 15 is 0 Å². The zero-order valence-electron chi connectivity index (χ0n) is 13.4. The van der Waals surface area contributed by atoms with Gasteiger partial charge in [0.05, 0.1) is 0 Å². The molecule has 2 atom stereocenters. The molecule has 1 aliphatic rings. The van der Waals surface area contributed by atoms with E-state index in [-0.39, 0.29) is 11.8 Å². The molecule has 0 bridgehead atoms. The molecule has 2 unspecified atom stereocenters. The number of anilines is 1. The van der Waals surface area contributed by atoms with E-state index in [1.165, 1.54) is 5.56 Å². The van der Waals surface area contributed by atoms with Crippen molar-refractivity contribution in [2.24, 2.45) is 5.92 Å². The van der Waals surface area contributed by atoms with E-state index < -0.39 is 0 Å². The lowest BCUT2D eigenvalue weighted by atomic mass is 10.1. The minimum atomic E-state index is 0.0303. The monoisotopic (exact) mass is 318 g/mol.